The monoisotopic (exact) mass is 187 g/mol. The van der Waals surface area contributed by atoms with Gasteiger partial charge in [-0.15, -0.1) is 0 Å². The van der Waals surface area contributed by atoms with Gasteiger partial charge in [-0.3, -0.25) is 4.68 Å². The number of aromatic nitrogens is 2. The van der Waals surface area contributed by atoms with E-state index in [0.29, 0.717) is 6.04 Å². The number of hydrogen-bond acceptors (Lipinski definition) is 2. The number of rotatable bonds is 1. The Morgan fingerprint density at radius 1 is 1.43 bits per heavy atom. The van der Waals surface area contributed by atoms with Crippen LogP contribution in [0.3, 0.4) is 0 Å². The fraction of sp³-hybridized carbons (Fsp3) is 0.364. The molecule has 1 aliphatic carbocycles. The van der Waals surface area contributed by atoms with Gasteiger partial charge in [-0.05, 0) is 38.0 Å². The predicted molar refractivity (Wildman–Crippen MR) is 57.2 cm³/mol. The molecule has 72 valence electrons. The number of aryl methyl sites for hydroxylation is 1. The minimum absolute atomic E-state index is 0.634. The molecular weight excluding hydrogens is 174 g/mol. The van der Waals surface area contributed by atoms with Crippen LogP contribution >= 0.6 is 0 Å². The summed E-state index contributed by atoms with van der Waals surface area (Å²) in [6.45, 7) is 2.04. The van der Waals surface area contributed by atoms with Crippen molar-refractivity contribution in [2.75, 3.05) is 5.73 Å². The van der Waals surface area contributed by atoms with E-state index in [2.05, 4.69) is 15.8 Å². The molecule has 14 heavy (non-hydrogen) atoms. The van der Waals surface area contributed by atoms with Gasteiger partial charge in [-0.25, -0.2) is 0 Å². The topological polar surface area (TPSA) is 43.8 Å². The summed E-state index contributed by atoms with van der Waals surface area (Å²) >= 11 is 0. The van der Waals surface area contributed by atoms with Gasteiger partial charge in [-0.2, -0.15) is 5.10 Å². The van der Waals surface area contributed by atoms with E-state index in [1.807, 2.05) is 19.1 Å². The van der Waals surface area contributed by atoms with Crippen molar-refractivity contribution in [2.24, 2.45) is 0 Å². The Hall–Kier alpha value is -1.51. The molecule has 0 spiro atoms. The van der Waals surface area contributed by atoms with Gasteiger partial charge in [-0.1, -0.05) is 0 Å². The highest BCUT2D eigenvalue weighted by Crippen LogP contribution is 2.37. The van der Waals surface area contributed by atoms with Crippen LogP contribution in [0.1, 0.15) is 24.6 Å². The van der Waals surface area contributed by atoms with Crippen LogP contribution in [0, 0.1) is 6.92 Å². The first-order valence-electron chi connectivity index (χ1n) is 5.00. The van der Waals surface area contributed by atoms with E-state index in [0.717, 1.165) is 11.4 Å². The van der Waals surface area contributed by atoms with Gasteiger partial charge in [0, 0.05) is 11.1 Å². The molecule has 1 aromatic heterocycles. The minimum Gasteiger partial charge on any atom is -0.399 e. The smallest absolute Gasteiger partial charge is 0.0690 e. The fourth-order valence-electron chi connectivity index (χ4n) is 1.91. The van der Waals surface area contributed by atoms with Crippen LogP contribution in [-0.4, -0.2) is 9.78 Å². The van der Waals surface area contributed by atoms with Crippen molar-refractivity contribution in [3.8, 4) is 0 Å². The highest BCUT2D eigenvalue weighted by molar-refractivity contribution is 5.85. The van der Waals surface area contributed by atoms with E-state index in [1.54, 1.807) is 0 Å². The number of nitrogens with zero attached hydrogens (tertiary/aromatic N) is 2. The highest BCUT2D eigenvalue weighted by atomic mass is 15.3. The number of benzene rings is 1. The average molecular weight is 187 g/mol. The third-order valence-corrected chi connectivity index (χ3v) is 2.81. The fourth-order valence-corrected chi connectivity index (χ4v) is 1.91. The molecule has 1 saturated carbocycles. The first-order valence-corrected chi connectivity index (χ1v) is 5.00. The van der Waals surface area contributed by atoms with E-state index >= 15 is 0 Å². The van der Waals surface area contributed by atoms with E-state index in [9.17, 15) is 0 Å². The van der Waals surface area contributed by atoms with Gasteiger partial charge in [0.05, 0.1) is 17.3 Å². The second-order valence-electron chi connectivity index (χ2n) is 4.04. The lowest BCUT2D eigenvalue weighted by molar-refractivity contribution is 0.658. The van der Waals surface area contributed by atoms with Crippen LogP contribution in [0.4, 0.5) is 5.69 Å². The van der Waals surface area contributed by atoms with Crippen molar-refractivity contribution in [1.29, 1.82) is 0 Å². The number of nitrogens with two attached hydrogens (primary N) is 1. The Kier molecular flexibility index (Phi) is 1.40. The molecule has 2 aromatic rings. The quantitative estimate of drug-likeness (QED) is 0.696. The maximum Gasteiger partial charge on any atom is 0.0690 e. The van der Waals surface area contributed by atoms with E-state index in [4.69, 9.17) is 5.73 Å². The Morgan fingerprint density at radius 2 is 2.21 bits per heavy atom. The first kappa shape index (κ1) is 7.85. The molecule has 0 radical (unpaired) electrons. The third kappa shape index (κ3) is 1.02. The van der Waals surface area contributed by atoms with Crippen LogP contribution < -0.4 is 5.73 Å². The van der Waals surface area contributed by atoms with Crippen LogP contribution in [-0.2, 0) is 0 Å². The second-order valence-corrected chi connectivity index (χ2v) is 4.04. The van der Waals surface area contributed by atoms with Gasteiger partial charge in [0.1, 0.15) is 0 Å². The number of nitrogen functional groups attached to an aromatic ring is 1. The van der Waals surface area contributed by atoms with Crippen LogP contribution in [0.2, 0.25) is 0 Å². The molecule has 0 bridgehead atoms. The van der Waals surface area contributed by atoms with Crippen molar-refractivity contribution in [3.63, 3.8) is 0 Å². The van der Waals surface area contributed by atoms with Crippen molar-refractivity contribution in [1.82, 2.24) is 9.78 Å². The predicted octanol–water partition coefficient (Wildman–Crippen LogP) is 2.26. The van der Waals surface area contributed by atoms with Crippen molar-refractivity contribution >= 4 is 16.6 Å². The lowest BCUT2D eigenvalue weighted by Crippen LogP contribution is -1.95. The summed E-state index contributed by atoms with van der Waals surface area (Å²) in [5, 5.41) is 5.75. The molecule has 0 unspecified atom stereocenters. The first-order chi connectivity index (χ1) is 6.75. The molecule has 1 aromatic carbocycles. The van der Waals surface area contributed by atoms with Gasteiger partial charge in [0.2, 0.25) is 0 Å². The maximum absolute atomic E-state index is 5.76. The summed E-state index contributed by atoms with van der Waals surface area (Å²) in [4.78, 5) is 0. The van der Waals surface area contributed by atoms with Gasteiger partial charge >= 0.3 is 0 Å². The number of hydrogen-bond donors (Lipinski definition) is 1. The molecule has 3 heteroatoms. The lowest BCUT2D eigenvalue weighted by Gasteiger charge is -1.99. The zero-order valence-electron chi connectivity index (χ0n) is 8.20. The van der Waals surface area contributed by atoms with Crippen molar-refractivity contribution in [3.05, 3.63) is 23.9 Å². The van der Waals surface area contributed by atoms with Crippen LogP contribution in [0.5, 0.6) is 0 Å². The zero-order valence-corrected chi connectivity index (χ0v) is 8.20. The minimum atomic E-state index is 0.634. The summed E-state index contributed by atoms with van der Waals surface area (Å²) in [5.41, 5.74) is 8.88. The number of anilines is 1. The molecule has 3 nitrogen and oxygen atoms in total. The van der Waals surface area contributed by atoms with Crippen LogP contribution in [0.15, 0.2) is 18.2 Å². The Labute approximate surface area is 82.5 Å². The van der Waals surface area contributed by atoms with E-state index in [-0.39, 0.29) is 0 Å². The van der Waals surface area contributed by atoms with Crippen LogP contribution in [0.25, 0.3) is 10.9 Å². The zero-order chi connectivity index (χ0) is 9.71. The van der Waals surface area contributed by atoms with Crippen molar-refractivity contribution < 1.29 is 0 Å². The van der Waals surface area contributed by atoms with E-state index < -0.39 is 0 Å². The standard InChI is InChI=1S/C11H13N3/c1-7-10-6-8(12)2-5-11(10)14(13-7)9-3-4-9/h2,5-6,9H,3-4,12H2,1H3. The summed E-state index contributed by atoms with van der Waals surface area (Å²) in [6, 6.07) is 6.66. The third-order valence-electron chi connectivity index (χ3n) is 2.81. The lowest BCUT2D eigenvalue weighted by atomic mass is 10.2. The van der Waals surface area contributed by atoms with Gasteiger partial charge in [0.15, 0.2) is 0 Å². The van der Waals surface area contributed by atoms with Gasteiger partial charge in [0.25, 0.3) is 0 Å². The van der Waals surface area contributed by atoms with E-state index in [1.165, 1.54) is 23.7 Å². The molecule has 1 fully saturated rings. The summed E-state index contributed by atoms with van der Waals surface area (Å²) in [6.07, 6.45) is 2.53. The molecule has 0 amide bonds. The molecule has 0 atom stereocenters. The molecule has 1 heterocycles. The summed E-state index contributed by atoms with van der Waals surface area (Å²) in [5.74, 6) is 0. The number of fused-ring (bicyclic) bond motifs is 1. The highest BCUT2D eigenvalue weighted by Gasteiger charge is 2.26. The second kappa shape index (κ2) is 2.50. The molecule has 1 aliphatic rings. The van der Waals surface area contributed by atoms with Gasteiger partial charge < -0.3 is 5.73 Å². The average Bonchev–Trinajstić information content (AvgIpc) is 2.94. The largest absolute Gasteiger partial charge is 0.399 e. The molecule has 0 aliphatic heterocycles. The molecule has 2 N–H and O–H groups in total. The molecular formula is C11H13N3. The Morgan fingerprint density at radius 3 is 2.93 bits per heavy atom. The molecule has 0 saturated heterocycles. The summed E-state index contributed by atoms with van der Waals surface area (Å²) in [7, 11) is 0. The van der Waals surface area contributed by atoms with Crippen molar-refractivity contribution in [2.45, 2.75) is 25.8 Å². The SMILES string of the molecule is Cc1nn(C2CC2)c2ccc(N)cc12. The molecule has 3 rings (SSSR count). The normalized spacial score (nSPS) is 16.4. The summed E-state index contributed by atoms with van der Waals surface area (Å²) < 4.78 is 2.14. The Balaban J connectivity index is 2.32. The Bertz CT molecular complexity index is 494. The maximum atomic E-state index is 5.76.